The van der Waals surface area contributed by atoms with Gasteiger partial charge in [-0.05, 0) is 36.3 Å². The van der Waals surface area contributed by atoms with Crippen LogP contribution in [0.15, 0.2) is 53.7 Å². The van der Waals surface area contributed by atoms with Gasteiger partial charge in [0.25, 0.3) is 11.8 Å². The molecule has 2 aromatic rings. The van der Waals surface area contributed by atoms with E-state index in [-0.39, 0.29) is 18.2 Å². The zero-order chi connectivity index (χ0) is 21.5. The maximum Gasteiger partial charge on any atom is 0.269 e. The summed E-state index contributed by atoms with van der Waals surface area (Å²) in [5.74, 6) is -1.02. The summed E-state index contributed by atoms with van der Waals surface area (Å²) in [6, 6.07) is 10.3. The second kappa shape index (κ2) is 10.3. The Morgan fingerprint density at radius 2 is 1.90 bits per heavy atom. The smallest absolute Gasteiger partial charge is 0.269 e. The van der Waals surface area contributed by atoms with Gasteiger partial charge < -0.3 is 0 Å². The summed E-state index contributed by atoms with van der Waals surface area (Å²) in [6.45, 7) is 0.302. The molecule has 0 unspecified atom stereocenters. The minimum absolute atomic E-state index is 0.122. The van der Waals surface area contributed by atoms with Gasteiger partial charge in [-0.15, -0.1) is 0 Å². The van der Waals surface area contributed by atoms with Crippen LogP contribution in [0.4, 0.5) is 0 Å². The van der Waals surface area contributed by atoms with Crippen LogP contribution in [0.1, 0.15) is 28.8 Å². The number of aromatic nitrogens is 1. The van der Waals surface area contributed by atoms with Crippen molar-refractivity contribution >= 4 is 63.7 Å². The molecule has 2 N–H and O–H groups in total. The van der Waals surface area contributed by atoms with Crippen LogP contribution in [0, 0.1) is 0 Å². The van der Waals surface area contributed by atoms with Crippen molar-refractivity contribution in [1.29, 1.82) is 0 Å². The first-order valence-corrected chi connectivity index (χ1v) is 10.5. The van der Waals surface area contributed by atoms with Crippen molar-refractivity contribution in [2.24, 2.45) is 0 Å². The molecule has 7 nitrogen and oxygen atoms in total. The zero-order valence-electron chi connectivity index (χ0n) is 15.6. The van der Waals surface area contributed by atoms with Crippen LogP contribution in [-0.2, 0) is 9.59 Å². The number of hydrazine groups is 1. The number of rotatable bonds is 6. The number of thioether (sulfide) groups is 1. The van der Waals surface area contributed by atoms with Gasteiger partial charge in [-0.3, -0.25) is 35.1 Å². The number of thiocarbonyl (C=S) groups is 1. The number of hydrogen-bond acceptors (Lipinski definition) is 6. The third-order valence-electron chi connectivity index (χ3n) is 4.11. The number of halogens is 1. The van der Waals surface area contributed by atoms with Crippen molar-refractivity contribution in [2.45, 2.75) is 12.8 Å². The number of amides is 3. The van der Waals surface area contributed by atoms with E-state index in [0.717, 1.165) is 5.56 Å². The highest BCUT2D eigenvalue weighted by atomic mass is 35.5. The fraction of sp³-hybridized carbons (Fsp3) is 0.150. The Morgan fingerprint density at radius 1 is 1.17 bits per heavy atom. The van der Waals surface area contributed by atoms with Crippen molar-refractivity contribution < 1.29 is 14.4 Å². The first-order chi connectivity index (χ1) is 14.5. The Bertz CT molecular complexity index is 1010. The van der Waals surface area contributed by atoms with Crippen LogP contribution < -0.4 is 10.9 Å². The summed E-state index contributed by atoms with van der Waals surface area (Å²) in [5, 5.41) is 0.549. The lowest BCUT2D eigenvalue weighted by Gasteiger charge is -2.14. The van der Waals surface area contributed by atoms with Gasteiger partial charge in [-0.2, -0.15) is 0 Å². The molecule has 1 saturated heterocycles. The number of carbonyl (C=O) groups is 3. The zero-order valence-corrected chi connectivity index (χ0v) is 18.0. The van der Waals surface area contributed by atoms with Gasteiger partial charge in [0.2, 0.25) is 5.91 Å². The monoisotopic (exact) mass is 460 g/mol. The minimum atomic E-state index is -0.438. The molecule has 0 bridgehead atoms. The third kappa shape index (κ3) is 5.65. The van der Waals surface area contributed by atoms with E-state index in [1.54, 1.807) is 12.1 Å². The van der Waals surface area contributed by atoms with Crippen LogP contribution in [-0.4, -0.2) is 38.5 Å². The Balaban J connectivity index is 1.47. The highest BCUT2D eigenvalue weighted by Gasteiger charge is 2.31. The summed E-state index contributed by atoms with van der Waals surface area (Å²) >= 11 is 12.6. The molecule has 154 valence electrons. The largest absolute Gasteiger partial charge is 0.293 e. The Labute approximate surface area is 187 Å². The molecular weight excluding hydrogens is 444 g/mol. The molecule has 1 aliphatic heterocycles. The van der Waals surface area contributed by atoms with Gasteiger partial charge in [0.1, 0.15) is 4.32 Å². The van der Waals surface area contributed by atoms with Crippen LogP contribution in [0.25, 0.3) is 6.08 Å². The lowest BCUT2D eigenvalue weighted by atomic mass is 10.2. The van der Waals surface area contributed by atoms with Crippen LogP contribution in [0.3, 0.4) is 0 Å². The van der Waals surface area contributed by atoms with Gasteiger partial charge >= 0.3 is 0 Å². The minimum Gasteiger partial charge on any atom is -0.293 e. The lowest BCUT2D eigenvalue weighted by molar-refractivity contribution is -0.124. The molecule has 0 radical (unpaired) electrons. The van der Waals surface area contributed by atoms with E-state index >= 15 is 0 Å². The molecule has 3 rings (SSSR count). The van der Waals surface area contributed by atoms with Gasteiger partial charge in [0.05, 0.1) is 4.91 Å². The standard InChI is InChI=1S/C20H17ClN4O3S2/c21-15-5-2-1-4-14(15)12-16-19(28)25(20(29)30-16)11-3-6-17(26)23-24-18(27)13-7-9-22-10-8-13/h1-2,4-5,7-10,12H,3,6,11H2,(H,23,26)(H,24,27)/b16-12-. The fourth-order valence-electron chi connectivity index (χ4n) is 2.59. The van der Waals surface area contributed by atoms with E-state index in [9.17, 15) is 14.4 Å². The topological polar surface area (TPSA) is 91.4 Å². The lowest BCUT2D eigenvalue weighted by Crippen LogP contribution is -2.41. The number of benzene rings is 1. The second-order valence-electron chi connectivity index (χ2n) is 6.20. The average Bonchev–Trinajstić information content (AvgIpc) is 3.01. The molecule has 1 aromatic carbocycles. The molecule has 3 amide bonds. The van der Waals surface area contributed by atoms with Gasteiger partial charge in [0.15, 0.2) is 0 Å². The number of pyridine rings is 1. The highest BCUT2D eigenvalue weighted by molar-refractivity contribution is 8.26. The normalized spacial score (nSPS) is 14.8. The van der Waals surface area contributed by atoms with E-state index in [0.29, 0.717) is 32.8 Å². The number of nitrogens with one attached hydrogen (secondary N) is 2. The number of hydrogen-bond donors (Lipinski definition) is 2. The molecule has 10 heteroatoms. The van der Waals surface area contributed by atoms with Crippen LogP contribution in [0.2, 0.25) is 5.02 Å². The van der Waals surface area contributed by atoms with Crippen molar-refractivity contribution in [3.8, 4) is 0 Å². The molecule has 0 saturated carbocycles. The highest BCUT2D eigenvalue weighted by Crippen LogP contribution is 2.33. The predicted octanol–water partition coefficient (Wildman–Crippen LogP) is 3.18. The van der Waals surface area contributed by atoms with Crippen molar-refractivity contribution in [1.82, 2.24) is 20.7 Å². The molecule has 1 aromatic heterocycles. The maximum absolute atomic E-state index is 12.6. The molecular formula is C20H17ClN4O3S2. The van der Waals surface area contributed by atoms with Gasteiger partial charge in [-0.25, -0.2) is 0 Å². The Kier molecular flexibility index (Phi) is 7.56. The number of nitrogens with zero attached hydrogens (tertiary/aromatic N) is 2. The van der Waals surface area contributed by atoms with E-state index in [1.165, 1.54) is 41.2 Å². The van der Waals surface area contributed by atoms with E-state index in [1.807, 2.05) is 18.2 Å². The number of carbonyl (C=O) groups excluding carboxylic acids is 3. The maximum atomic E-state index is 12.6. The van der Waals surface area contributed by atoms with E-state index in [4.69, 9.17) is 23.8 Å². The summed E-state index contributed by atoms with van der Waals surface area (Å²) in [7, 11) is 0. The average molecular weight is 461 g/mol. The van der Waals surface area contributed by atoms with Crippen LogP contribution >= 0.6 is 35.6 Å². The second-order valence-corrected chi connectivity index (χ2v) is 8.28. The third-order valence-corrected chi connectivity index (χ3v) is 5.83. The molecule has 0 atom stereocenters. The van der Waals surface area contributed by atoms with Crippen molar-refractivity contribution in [3.05, 3.63) is 69.8 Å². The molecule has 0 spiro atoms. The molecule has 1 aliphatic rings. The first-order valence-electron chi connectivity index (χ1n) is 8.95. The van der Waals surface area contributed by atoms with Gasteiger partial charge in [-0.1, -0.05) is 53.8 Å². The summed E-state index contributed by atoms with van der Waals surface area (Å²) < 4.78 is 0.435. The summed E-state index contributed by atoms with van der Waals surface area (Å²) in [6.07, 6.45) is 5.20. The predicted molar refractivity (Wildman–Crippen MR) is 120 cm³/mol. The van der Waals surface area contributed by atoms with Crippen LogP contribution in [0.5, 0.6) is 0 Å². The Hall–Kier alpha value is -2.75. The molecule has 1 fully saturated rings. The summed E-state index contributed by atoms with van der Waals surface area (Å²) in [5.41, 5.74) is 5.81. The molecule has 2 heterocycles. The van der Waals surface area contributed by atoms with Crippen molar-refractivity contribution in [3.63, 3.8) is 0 Å². The molecule has 30 heavy (non-hydrogen) atoms. The summed E-state index contributed by atoms with van der Waals surface area (Å²) in [4.78, 5) is 42.2. The van der Waals surface area contributed by atoms with E-state index in [2.05, 4.69) is 15.8 Å². The first kappa shape index (κ1) is 21.9. The van der Waals surface area contributed by atoms with Crippen molar-refractivity contribution in [2.75, 3.05) is 6.54 Å². The fourth-order valence-corrected chi connectivity index (χ4v) is 4.08. The quantitative estimate of drug-likeness (QED) is 0.391. The molecule has 0 aliphatic carbocycles. The van der Waals surface area contributed by atoms with Gasteiger partial charge in [0, 0.05) is 35.9 Å². The Morgan fingerprint density at radius 3 is 2.63 bits per heavy atom. The van der Waals surface area contributed by atoms with E-state index < -0.39 is 5.91 Å². The SMILES string of the molecule is O=C(CCCN1C(=O)/C(=C/c2ccccc2Cl)SC1=S)NNC(=O)c1ccncc1.